The Morgan fingerprint density at radius 3 is 2.53 bits per heavy atom. The number of alkyl halides is 3. The number of nitrogens with zero attached hydrogens (tertiary/aromatic N) is 1. The van der Waals surface area contributed by atoms with E-state index in [-0.39, 0.29) is 10.5 Å². The molecule has 1 aromatic heterocycles. The van der Waals surface area contributed by atoms with Crippen LogP contribution in [-0.2, 0) is 6.18 Å². The van der Waals surface area contributed by atoms with Crippen LogP contribution in [-0.4, -0.2) is 4.98 Å². The highest BCUT2D eigenvalue weighted by Crippen LogP contribution is 2.35. The van der Waals surface area contributed by atoms with E-state index >= 15 is 0 Å². The van der Waals surface area contributed by atoms with Crippen LogP contribution in [0.5, 0.6) is 0 Å². The molecule has 5 heteroatoms. The van der Waals surface area contributed by atoms with Crippen LogP contribution in [0.4, 0.5) is 13.2 Å². The number of rotatable bonds is 0. The van der Waals surface area contributed by atoms with Gasteiger partial charge in [-0.3, -0.25) is 4.98 Å². The molecule has 0 aliphatic rings. The van der Waals surface area contributed by atoms with Gasteiger partial charge in [0.25, 0.3) is 0 Å². The summed E-state index contributed by atoms with van der Waals surface area (Å²) in [6.07, 6.45) is -3.14. The van der Waals surface area contributed by atoms with E-state index in [4.69, 9.17) is 11.6 Å². The predicted molar refractivity (Wildman–Crippen MR) is 51.8 cm³/mol. The molecule has 0 amide bonds. The van der Waals surface area contributed by atoms with Crippen molar-refractivity contribution in [1.82, 2.24) is 4.98 Å². The molecule has 0 saturated carbocycles. The van der Waals surface area contributed by atoms with Gasteiger partial charge in [-0.1, -0.05) is 23.7 Å². The summed E-state index contributed by atoms with van der Waals surface area (Å²) in [5.41, 5.74) is -0.875. The van der Waals surface area contributed by atoms with E-state index in [2.05, 4.69) is 4.98 Å². The van der Waals surface area contributed by atoms with E-state index < -0.39 is 11.7 Å². The van der Waals surface area contributed by atoms with Crippen LogP contribution in [0.2, 0.25) is 5.02 Å². The number of para-hydroxylation sites is 1. The Kier molecular flexibility index (Phi) is 2.31. The molecule has 0 saturated heterocycles. The highest BCUT2D eigenvalue weighted by Gasteiger charge is 2.33. The second-order valence-corrected chi connectivity index (χ2v) is 3.40. The Hall–Kier alpha value is -1.29. The van der Waals surface area contributed by atoms with Crippen LogP contribution in [0.1, 0.15) is 5.56 Å². The number of aromatic nitrogens is 1. The molecule has 0 aliphatic carbocycles. The minimum Gasteiger partial charge on any atom is -0.256 e. The first kappa shape index (κ1) is 10.2. The summed E-state index contributed by atoms with van der Waals surface area (Å²) in [5.74, 6) is 0. The quantitative estimate of drug-likeness (QED) is 0.670. The van der Waals surface area contributed by atoms with E-state index in [1.807, 2.05) is 0 Å². The zero-order valence-corrected chi connectivity index (χ0v) is 8.10. The number of hydrogen-bond donors (Lipinski definition) is 0. The summed E-state index contributed by atoms with van der Waals surface area (Å²) in [4.78, 5) is 3.70. The summed E-state index contributed by atoms with van der Waals surface area (Å²) in [6.45, 7) is 0. The first-order chi connectivity index (χ1) is 7.00. The van der Waals surface area contributed by atoms with E-state index in [9.17, 15) is 13.2 Å². The van der Waals surface area contributed by atoms with Crippen molar-refractivity contribution in [2.24, 2.45) is 0 Å². The molecule has 0 unspecified atom stereocenters. The molecule has 2 aromatic rings. The van der Waals surface area contributed by atoms with E-state index in [0.717, 1.165) is 6.07 Å². The number of halogens is 4. The van der Waals surface area contributed by atoms with Crippen LogP contribution in [0.15, 0.2) is 30.5 Å². The van der Waals surface area contributed by atoms with Crippen LogP contribution in [0.25, 0.3) is 10.9 Å². The summed E-state index contributed by atoms with van der Waals surface area (Å²) < 4.78 is 37.7. The van der Waals surface area contributed by atoms with Gasteiger partial charge in [0.1, 0.15) is 0 Å². The molecular weight excluding hydrogens is 227 g/mol. The molecule has 2 rings (SSSR count). The molecular formula is C10H5ClF3N. The fourth-order valence-corrected chi connectivity index (χ4v) is 1.58. The summed E-state index contributed by atoms with van der Waals surface area (Å²) in [7, 11) is 0. The third-order valence-corrected chi connectivity index (χ3v) is 2.35. The second-order valence-electron chi connectivity index (χ2n) is 2.99. The fraction of sp³-hybridized carbons (Fsp3) is 0.100. The molecule has 15 heavy (non-hydrogen) atoms. The molecule has 0 spiro atoms. The number of pyridine rings is 1. The number of hydrogen-bond acceptors (Lipinski definition) is 1. The number of benzene rings is 1. The van der Waals surface area contributed by atoms with Crippen LogP contribution in [0.3, 0.4) is 0 Å². The lowest BCUT2D eigenvalue weighted by Crippen LogP contribution is -2.06. The molecule has 78 valence electrons. The molecule has 1 heterocycles. The van der Waals surface area contributed by atoms with Crippen LogP contribution < -0.4 is 0 Å². The Morgan fingerprint density at radius 1 is 1.13 bits per heavy atom. The van der Waals surface area contributed by atoms with E-state index in [0.29, 0.717) is 5.39 Å². The predicted octanol–water partition coefficient (Wildman–Crippen LogP) is 3.91. The van der Waals surface area contributed by atoms with Gasteiger partial charge in [-0.25, -0.2) is 0 Å². The van der Waals surface area contributed by atoms with Gasteiger partial charge >= 0.3 is 6.18 Å². The molecule has 0 radical (unpaired) electrons. The molecule has 0 aliphatic heterocycles. The molecule has 0 fully saturated rings. The minimum atomic E-state index is -4.41. The molecule has 0 atom stereocenters. The molecule has 1 aromatic carbocycles. The lowest BCUT2D eigenvalue weighted by molar-refractivity contribution is -0.136. The fourth-order valence-electron chi connectivity index (χ4n) is 1.37. The summed E-state index contributed by atoms with van der Waals surface area (Å²) in [5, 5.41) is 0.583. The third kappa shape index (κ3) is 1.77. The maximum atomic E-state index is 12.6. The van der Waals surface area contributed by atoms with Crippen LogP contribution >= 0.6 is 11.6 Å². The van der Waals surface area contributed by atoms with E-state index in [1.54, 1.807) is 0 Å². The Balaban J connectivity index is 2.83. The number of fused-ring (bicyclic) bond motifs is 1. The van der Waals surface area contributed by atoms with Gasteiger partial charge in [0.15, 0.2) is 0 Å². The smallest absolute Gasteiger partial charge is 0.256 e. The lowest BCUT2D eigenvalue weighted by Gasteiger charge is -2.09. The Morgan fingerprint density at radius 2 is 1.87 bits per heavy atom. The standard InChI is InChI=1S/C10H5ClF3N/c11-8-4-5-15-9-6(8)2-1-3-7(9)10(12,13)14/h1-5H. The monoisotopic (exact) mass is 231 g/mol. The largest absolute Gasteiger partial charge is 0.418 e. The van der Waals surface area contributed by atoms with Gasteiger partial charge in [0.05, 0.1) is 16.1 Å². The SMILES string of the molecule is FC(F)(F)c1cccc2c(Cl)ccnc12. The Labute approximate surface area is 88.5 Å². The van der Waals surface area contributed by atoms with Gasteiger partial charge in [0, 0.05) is 11.6 Å². The molecule has 0 bridgehead atoms. The van der Waals surface area contributed by atoms with Gasteiger partial charge in [0.2, 0.25) is 0 Å². The average Bonchev–Trinajstić information content (AvgIpc) is 2.16. The highest BCUT2D eigenvalue weighted by molar-refractivity contribution is 6.35. The van der Waals surface area contributed by atoms with Gasteiger partial charge in [-0.05, 0) is 12.1 Å². The second kappa shape index (κ2) is 3.38. The lowest BCUT2D eigenvalue weighted by atomic mass is 10.1. The van der Waals surface area contributed by atoms with Gasteiger partial charge < -0.3 is 0 Å². The van der Waals surface area contributed by atoms with Crippen molar-refractivity contribution in [3.8, 4) is 0 Å². The zero-order valence-electron chi connectivity index (χ0n) is 7.35. The molecule has 0 N–H and O–H groups in total. The normalized spacial score (nSPS) is 12.0. The highest BCUT2D eigenvalue weighted by atomic mass is 35.5. The maximum Gasteiger partial charge on any atom is 0.418 e. The first-order valence-corrected chi connectivity index (χ1v) is 4.48. The Bertz CT molecular complexity index is 507. The van der Waals surface area contributed by atoms with E-state index in [1.165, 1.54) is 24.4 Å². The van der Waals surface area contributed by atoms with Gasteiger partial charge in [-0.15, -0.1) is 0 Å². The van der Waals surface area contributed by atoms with Gasteiger partial charge in [-0.2, -0.15) is 13.2 Å². The van der Waals surface area contributed by atoms with Crippen molar-refractivity contribution in [2.45, 2.75) is 6.18 Å². The maximum absolute atomic E-state index is 12.6. The molecule has 1 nitrogen and oxygen atoms in total. The van der Waals surface area contributed by atoms with Crippen molar-refractivity contribution in [1.29, 1.82) is 0 Å². The topological polar surface area (TPSA) is 12.9 Å². The first-order valence-electron chi connectivity index (χ1n) is 4.10. The summed E-state index contributed by atoms with van der Waals surface area (Å²) >= 11 is 5.77. The van der Waals surface area contributed by atoms with Crippen molar-refractivity contribution in [2.75, 3.05) is 0 Å². The summed E-state index contributed by atoms with van der Waals surface area (Å²) in [6, 6.07) is 5.29. The average molecular weight is 232 g/mol. The minimum absolute atomic E-state index is 0.113. The van der Waals surface area contributed by atoms with Crippen molar-refractivity contribution in [3.63, 3.8) is 0 Å². The van der Waals surface area contributed by atoms with Crippen LogP contribution in [0, 0.1) is 0 Å². The zero-order chi connectivity index (χ0) is 11.1. The third-order valence-electron chi connectivity index (χ3n) is 2.02. The van der Waals surface area contributed by atoms with Crippen molar-refractivity contribution < 1.29 is 13.2 Å². The van der Waals surface area contributed by atoms with Crippen molar-refractivity contribution in [3.05, 3.63) is 41.0 Å². The van der Waals surface area contributed by atoms with Crippen molar-refractivity contribution >= 4 is 22.5 Å².